The lowest BCUT2D eigenvalue weighted by atomic mass is 9.92. The summed E-state index contributed by atoms with van der Waals surface area (Å²) >= 11 is 0. The molecule has 0 unspecified atom stereocenters. The van der Waals surface area contributed by atoms with Crippen molar-refractivity contribution in [2.45, 2.75) is 0 Å². The third kappa shape index (κ3) is 4.95. The summed E-state index contributed by atoms with van der Waals surface area (Å²) in [5, 5.41) is 9.68. The Hall–Kier alpha value is -7.82. The quantitative estimate of drug-likeness (QED) is 0.165. The lowest BCUT2D eigenvalue weighted by Crippen LogP contribution is -2.05. The maximum atomic E-state index is 5.37. The van der Waals surface area contributed by atoms with E-state index in [0.29, 0.717) is 5.95 Å². The van der Waals surface area contributed by atoms with Crippen LogP contribution in [0.2, 0.25) is 0 Å². The summed E-state index contributed by atoms with van der Waals surface area (Å²) in [4.78, 5) is 10.7. The molecule has 9 aromatic carbocycles. The highest BCUT2D eigenvalue weighted by atomic mass is 15.2. The van der Waals surface area contributed by atoms with Gasteiger partial charge in [0.1, 0.15) is 0 Å². The molecule has 0 aliphatic heterocycles. The Morgan fingerprint density at radius 2 is 0.759 bits per heavy atom. The van der Waals surface area contributed by atoms with Gasteiger partial charge < -0.3 is 4.57 Å². The van der Waals surface area contributed by atoms with Gasteiger partial charge in [0.15, 0.2) is 0 Å². The summed E-state index contributed by atoms with van der Waals surface area (Å²) < 4.78 is 4.73. The zero-order chi connectivity index (χ0) is 38.2. The second-order valence-electron chi connectivity index (χ2n) is 15.0. The van der Waals surface area contributed by atoms with Crippen molar-refractivity contribution in [2.24, 2.45) is 0 Å². The van der Waals surface area contributed by atoms with Gasteiger partial charge in [-0.05, 0) is 69.1 Å². The van der Waals surface area contributed by atoms with Gasteiger partial charge in [-0.15, -0.1) is 0 Å². The zero-order valence-electron chi connectivity index (χ0n) is 31.4. The Morgan fingerprint density at radius 3 is 1.31 bits per heavy atom. The number of para-hydroxylation sites is 2. The van der Waals surface area contributed by atoms with Gasteiger partial charge >= 0.3 is 0 Å². The molecule has 0 bridgehead atoms. The van der Waals surface area contributed by atoms with Gasteiger partial charge in [-0.2, -0.15) is 0 Å². The normalized spacial score (nSPS) is 11.8. The molecule has 3 aromatic heterocycles. The molecule has 0 amide bonds. The fraction of sp³-hybridized carbons (Fsp3) is 0. The summed E-state index contributed by atoms with van der Waals surface area (Å²) in [7, 11) is 0. The van der Waals surface area contributed by atoms with Crippen LogP contribution in [0.5, 0.6) is 0 Å². The van der Waals surface area contributed by atoms with Crippen LogP contribution in [0.1, 0.15) is 0 Å². The van der Waals surface area contributed by atoms with E-state index < -0.39 is 0 Å². The maximum absolute atomic E-state index is 5.37. The van der Waals surface area contributed by atoms with Crippen LogP contribution in [-0.4, -0.2) is 19.1 Å². The van der Waals surface area contributed by atoms with E-state index in [-0.39, 0.29) is 0 Å². The molecule has 4 nitrogen and oxygen atoms in total. The van der Waals surface area contributed by atoms with Crippen LogP contribution in [0.4, 0.5) is 0 Å². The van der Waals surface area contributed by atoms with Crippen LogP contribution < -0.4 is 0 Å². The smallest absolute Gasteiger partial charge is 0.235 e. The zero-order valence-corrected chi connectivity index (χ0v) is 31.4. The number of hydrogen-bond donors (Lipinski definition) is 0. The molecule has 0 spiro atoms. The summed E-state index contributed by atoms with van der Waals surface area (Å²) in [6.45, 7) is 0. The Balaban J connectivity index is 1.16. The number of hydrogen-bond acceptors (Lipinski definition) is 2. The van der Waals surface area contributed by atoms with E-state index in [2.05, 4.69) is 203 Å². The number of aromatic nitrogens is 4. The molecule has 0 fully saturated rings. The summed E-state index contributed by atoms with van der Waals surface area (Å²) in [6.07, 6.45) is 0. The minimum Gasteiger partial charge on any atom is -0.307 e. The predicted octanol–water partition coefficient (Wildman–Crippen LogP) is 14.0. The number of rotatable bonds is 5. The van der Waals surface area contributed by atoms with Crippen molar-refractivity contribution in [1.82, 2.24) is 19.1 Å². The van der Waals surface area contributed by atoms with E-state index in [9.17, 15) is 0 Å². The Bertz CT molecular complexity index is 3430. The van der Waals surface area contributed by atoms with E-state index in [1.165, 1.54) is 43.4 Å². The Labute approximate surface area is 334 Å². The van der Waals surface area contributed by atoms with E-state index in [0.717, 1.165) is 61.0 Å². The molecule has 0 saturated heterocycles. The van der Waals surface area contributed by atoms with Crippen molar-refractivity contribution >= 4 is 65.2 Å². The predicted molar refractivity (Wildman–Crippen MR) is 242 cm³/mol. The number of fused-ring (bicyclic) bond motifs is 9. The van der Waals surface area contributed by atoms with Crippen molar-refractivity contribution in [1.29, 1.82) is 0 Å². The summed E-state index contributed by atoms with van der Waals surface area (Å²) in [5.74, 6) is 0.633. The fourth-order valence-corrected chi connectivity index (χ4v) is 9.13. The van der Waals surface area contributed by atoms with Crippen molar-refractivity contribution in [3.8, 4) is 45.3 Å². The molecule has 270 valence electrons. The molecule has 4 heteroatoms. The molecular weight excluding hydrogens is 705 g/mol. The molecule has 0 atom stereocenters. The maximum Gasteiger partial charge on any atom is 0.235 e. The molecule has 0 radical (unpaired) electrons. The lowest BCUT2D eigenvalue weighted by Gasteiger charge is -2.15. The first-order valence-electron chi connectivity index (χ1n) is 19.8. The van der Waals surface area contributed by atoms with Crippen LogP contribution >= 0.6 is 0 Å². The standard InChI is InChI=1S/C54H34N4/c1-3-15-35(16-4-1)47-34-48(36-17-5-2-6-18-36)56-54(55-47)58-50-26-14-12-24-44(50)46-32-31-45-43-23-11-13-25-49(43)57(52(45)53(46)58)40-29-27-37(28-30-40)51-41-21-9-7-19-38(41)33-39-20-8-10-22-42(39)51/h1-34H. The first kappa shape index (κ1) is 32.4. The first-order valence-corrected chi connectivity index (χ1v) is 19.8. The minimum absolute atomic E-state index is 0.633. The second-order valence-corrected chi connectivity index (χ2v) is 15.0. The van der Waals surface area contributed by atoms with Gasteiger partial charge in [-0.25, -0.2) is 9.97 Å². The average Bonchev–Trinajstić information content (AvgIpc) is 3.82. The van der Waals surface area contributed by atoms with Crippen molar-refractivity contribution in [3.05, 3.63) is 206 Å². The molecule has 0 aliphatic rings. The molecule has 58 heavy (non-hydrogen) atoms. The van der Waals surface area contributed by atoms with E-state index in [4.69, 9.17) is 9.97 Å². The molecule has 0 saturated carbocycles. The van der Waals surface area contributed by atoms with E-state index in [1.807, 2.05) is 12.1 Å². The van der Waals surface area contributed by atoms with Gasteiger partial charge in [0.2, 0.25) is 5.95 Å². The monoisotopic (exact) mass is 738 g/mol. The van der Waals surface area contributed by atoms with Crippen molar-refractivity contribution in [2.75, 3.05) is 0 Å². The topological polar surface area (TPSA) is 35.6 Å². The van der Waals surface area contributed by atoms with Crippen LogP contribution in [0.15, 0.2) is 206 Å². The molecule has 0 N–H and O–H groups in total. The van der Waals surface area contributed by atoms with Crippen LogP contribution in [-0.2, 0) is 0 Å². The van der Waals surface area contributed by atoms with E-state index >= 15 is 0 Å². The third-order valence-electron chi connectivity index (χ3n) is 11.7. The second kappa shape index (κ2) is 12.9. The van der Waals surface area contributed by atoms with Gasteiger partial charge in [-0.3, -0.25) is 4.57 Å². The van der Waals surface area contributed by atoms with Gasteiger partial charge in [-0.1, -0.05) is 170 Å². The first-order chi connectivity index (χ1) is 28.8. The fourth-order valence-electron chi connectivity index (χ4n) is 9.13. The lowest BCUT2D eigenvalue weighted by molar-refractivity contribution is 0.995. The highest BCUT2D eigenvalue weighted by molar-refractivity contribution is 6.24. The summed E-state index contributed by atoms with van der Waals surface area (Å²) in [6, 6.07) is 73.8. The van der Waals surface area contributed by atoms with Crippen LogP contribution in [0, 0.1) is 0 Å². The molecule has 12 rings (SSSR count). The highest BCUT2D eigenvalue weighted by Gasteiger charge is 2.23. The molecular formula is C54H34N4. The third-order valence-corrected chi connectivity index (χ3v) is 11.7. The number of nitrogens with zero attached hydrogens (tertiary/aromatic N) is 4. The molecule has 12 aromatic rings. The highest BCUT2D eigenvalue weighted by Crippen LogP contribution is 2.43. The van der Waals surface area contributed by atoms with E-state index in [1.54, 1.807) is 0 Å². The van der Waals surface area contributed by atoms with Crippen LogP contribution in [0.25, 0.3) is 110 Å². The number of benzene rings is 9. The van der Waals surface area contributed by atoms with Gasteiger partial charge in [0.25, 0.3) is 0 Å². The minimum atomic E-state index is 0.633. The molecule has 3 heterocycles. The van der Waals surface area contributed by atoms with Crippen molar-refractivity contribution in [3.63, 3.8) is 0 Å². The van der Waals surface area contributed by atoms with Gasteiger partial charge in [0, 0.05) is 38.4 Å². The van der Waals surface area contributed by atoms with Gasteiger partial charge in [0.05, 0.1) is 33.5 Å². The van der Waals surface area contributed by atoms with Crippen molar-refractivity contribution < 1.29 is 0 Å². The SMILES string of the molecule is c1ccc(-c2cc(-c3ccccc3)nc(-n3c4ccccc4c4ccc5c6ccccc6n(-c6ccc(-c7c8ccccc8cc8ccccc78)cc6)c5c43)n2)cc1. The van der Waals surface area contributed by atoms with Crippen LogP contribution in [0.3, 0.4) is 0 Å². The summed E-state index contributed by atoms with van der Waals surface area (Å²) in [5.41, 5.74) is 11.8. The Morgan fingerprint density at radius 1 is 0.310 bits per heavy atom. The largest absolute Gasteiger partial charge is 0.307 e. The Kier molecular flexibility index (Phi) is 7.20. The molecule has 0 aliphatic carbocycles. The average molecular weight is 739 g/mol.